The van der Waals surface area contributed by atoms with Crippen LogP contribution in [0.15, 0.2) is 0 Å². The fraction of sp³-hybridized carbons (Fsp3) is 1.00. The molecule has 0 spiro atoms. The van der Waals surface area contributed by atoms with Crippen LogP contribution in [0.2, 0.25) is 0 Å². The molecule has 78 valence electrons. The molecule has 0 bridgehead atoms. The monoisotopic (exact) mass is 266 g/mol. The molecule has 1 atom stereocenters. The van der Waals surface area contributed by atoms with Gasteiger partial charge < -0.3 is 4.74 Å². The molecular formula is C10H19BrOS. The minimum Gasteiger partial charge on any atom is -0.381 e. The molecule has 0 radical (unpaired) electrons. The predicted molar refractivity (Wildman–Crippen MR) is 63.9 cm³/mol. The highest BCUT2D eigenvalue weighted by Gasteiger charge is 2.31. The van der Waals surface area contributed by atoms with Gasteiger partial charge in [0, 0.05) is 17.4 Å². The fourth-order valence-corrected chi connectivity index (χ4v) is 3.30. The summed E-state index contributed by atoms with van der Waals surface area (Å²) in [5.41, 5.74) is 0.445. The molecule has 1 saturated heterocycles. The quantitative estimate of drug-likeness (QED) is 0.558. The van der Waals surface area contributed by atoms with Crippen molar-refractivity contribution >= 4 is 27.7 Å². The Hall–Kier alpha value is 0.790. The standard InChI is InChI=1S/C10H19BrOS/c1-2-13-7-5-10(8-11)4-3-6-12-9-10/h2-9H2,1H3. The Morgan fingerprint density at radius 2 is 2.38 bits per heavy atom. The largest absolute Gasteiger partial charge is 0.381 e. The van der Waals surface area contributed by atoms with E-state index in [4.69, 9.17) is 4.74 Å². The van der Waals surface area contributed by atoms with Gasteiger partial charge >= 0.3 is 0 Å². The van der Waals surface area contributed by atoms with Crippen LogP contribution in [0.5, 0.6) is 0 Å². The molecule has 1 rings (SSSR count). The number of alkyl halides is 1. The van der Waals surface area contributed by atoms with E-state index in [0.717, 1.165) is 18.5 Å². The zero-order valence-electron chi connectivity index (χ0n) is 8.35. The van der Waals surface area contributed by atoms with E-state index in [1.165, 1.54) is 30.8 Å². The minimum atomic E-state index is 0.445. The van der Waals surface area contributed by atoms with Gasteiger partial charge in [0.1, 0.15) is 0 Å². The van der Waals surface area contributed by atoms with Crippen molar-refractivity contribution in [2.45, 2.75) is 26.2 Å². The van der Waals surface area contributed by atoms with Crippen LogP contribution in [0.25, 0.3) is 0 Å². The zero-order chi connectivity index (χ0) is 9.57. The second-order valence-corrected chi connectivity index (χ2v) is 5.69. The van der Waals surface area contributed by atoms with Gasteiger partial charge in [0.15, 0.2) is 0 Å². The molecule has 1 aliphatic heterocycles. The molecule has 0 aromatic heterocycles. The Morgan fingerprint density at radius 3 is 2.92 bits per heavy atom. The van der Waals surface area contributed by atoms with Crippen LogP contribution in [0, 0.1) is 5.41 Å². The van der Waals surface area contributed by atoms with E-state index in [-0.39, 0.29) is 0 Å². The van der Waals surface area contributed by atoms with Crippen LogP contribution in [-0.4, -0.2) is 30.0 Å². The van der Waals surface area contributed by atoms with Gasteiger partial charge in [0.05, 0.1) is 6.61 Å². The Labute approximate surface area is 94.1 Å². The Morgan fingerprint density at radius 1 is 1.54 bits per heavy atom. The van der Waals surface area contributed by atoms with Gasteiger partial charge in [0.25, 0.3) is 0 Å². The molecule has 1 fully saturated rings. The van der Waals surface area contributed by atoms with E-state index >= 15 is 0 Å². The SMILES string of the molecule is CCSCCC1(CBr)CCCOC1. The van der Waals surface area contributed by atoms with Crippen LogP contribution in [0.4, 0.5) is 0 Å². The smallest absolute Gasteiger partial charge is 0.0530 e. The molecule has 0 aliphatic carbocycles. The van der Waals surface area contributed by atoms with Gasteiger partial charge in [-0.1, -0.05) is 22.9 Å². The van der Waals surface area contributed by atoms with Gasteiger partial charge in [0.2, 0.25) is 0 Å². The van der Waals surface area contributed by atoms with Crippen molar-refractivity contribution in [3.05, 3.63) is 0 Å². The van der Waals surface area contributed by atoms with Crippen molar-refractivity contribution in [1.29, 1.82) is 0 Å². The van der Waals surface area contributed by atoms with E-state index in [1.807, 2.05) is 11.8 Å². The number of halogens is 1. The molecule has 1 nitrogen and oxygen atoms in total. The number of hydrogen-bond donors (Lipinski definition) is 0. The molecule has 0 aromatic carbocycles. The molecule has 0 aromatic rings. The number of hydrogen-bond acceptors (Lipinski definition) is 2. The third kappa shape index (κ3) is 3.80. The fourth-order valence-electron chi connectivity index (χ4n) is 1.71. The lowest BCUT2D eigenvalue weighted by molar-refractivity contribution is 0.00464. The normalized spacial score (nSPS) is 29.1. The molecule has 0 saturated carbocycles. The van der Waals surface area contributed by atoms with Gasteiger partial charge in [-0.15, -0.1) is 0 Å². The molecular weight excluding hydrogens is 248 g/mol. The lowest BCUT2D eigenvalue weighted by Gasteiger charge is -2.35. The first-order chi connectivity index (χ1) is 6.33. The second-order valence-electron chi connectivity index (χ2n) is 3.74. The van der Waals surface area contributed by atoms with Gasteiger partial charge in [-0.05, 0) is 30.8 Å². The highest BCUT2D eigenvalue weighted by atomic mass is 79.9. The molecule has 0 amide bonds. The van der Waals surface area contributed by atoms with E-state index in [1.54, 1.807) is 0 Å². The van der Waals surface area contributed by atoms with Crippen molar-refractivity contribution in [3.63, 3.8) is 0 Å². The summed E-state index contributed by atoms with van der Waals surface area (Å²) in [6.45, 7) is 4.15. The summed E-state index contributed by atoms with van der Waals surface area (Å²) < 4.78 is 5.57. The molecule has 1 heterocycles. The predicted octanol–water partition coefficient (Wildman–Crippen LogP) is 3.32. The lowest BCUT2D eigenvalue weighted by Crippen LogP contribution is -2.34. The highest BCUT2D eigenvalue weighted by Crippen LogP contribution is 2.35. The maximum atomic E-state index is 5.57. The van der Waals surface area contributed by atoms with Gasteiger partial charge in [-0.2, -0.15) is 11.8 Å². The summed E-state index contributed by atoms with van der Waals surface area (Å²) in [6.07, 6.45) is 3.88. The van der Waals surface area contributed by atoms with E-state index in [9.17, 15) is 0 Å². The number of rotatable bonds is 5. The maximum absolute atomic E-state index is 5.57. The molecule has 0 N–H and O–H groups in total. The third-order valence-corrected chi connectivity index (χ3v) is 4.76. The van der Waals surface area contributed by atoms with Crippen molar-refractivity contribution in [2.24, 2.45) is 5.41 Å². The summed E-state index contributed by atoms with van der Waals surface area (Å²) >= 11 is 5.67. The Balaban J connectivity index is 2.29. The molecule has 3 heteroatoms. The average Bonchev–Trinajstić information content (AvgIpc) is 2.20. The topological polar surface area (TPSA) is 9.23 Å². The molecule has 1 aliphatic rings. The van der Waals surface area contributed by atoms with Crippen LogP contribution in [0.3, 0.4) is 0 Å². The summed E-state index contributed by atoms with van der Waals surface area (Å²) in [5.74, 6) is 2.52. The first kappa shape index (κ1) is 11.9. The van der Waals surface area contributed by atoms with Crippen LogP contribution >= 0.6 is 27.7 Å². The molecule has 13 heavy (non-hydrogen) atoms. The van der Waals surface area contributed by atoms with Crippen molar-refractivity contribution in [2.75, 3.05) is 30.0 Å². The van der Waals surface area contributed by atoms with E-state index in [2.05, 4.69) is 22.9 Å². The van der Waals surface area contributed by atoms with Crippen molar-refractivity contribution < 1.29 is 4.74 Å². The van der Waals surface area contributed by atoms with Crippen molar-refractivity contribution in [3.8, 4) is 0 Å². The number of ether oxygens (including phenoxy) is 1. The lowest BCUT2D eigenvalue weighted by atomic mass is 9.82. The molecule has 1 unspecified atom stereocenters. The maximum Gasteiger partial charge on any atom is 0.0530 e. The summed E-state index contributed by atoms with van der Waals surface area (Å²) in [7, 11) is 0. The first-order valence-corrected chi connectivity index (χ1v) is 7.32. The second kappa shape index (κ2) is 6.31. The minimum absolute atomic E-state index is 0.445. The zero-order valence-corrected chi connectivity index (χ0v) is 10.8. The third-order valence-electron chi connectivity index (χ3n) is 2.67. The Bertz CT molecular complexity index is 135. The van der Waals surface area contributed by atoms with Crippen LogP contribution < -0.4 is 0 Å². The summed E-state index contributed by atoms with van der Waals surface area (Å²) in [4.78, 5) is 0. The summed E-state index contributed by atoms with van der Waals surface area (Å²) in [5, 5.41) is 1.10. The Kier molecular flexibility index (Phi) is 5.75. The van der Waals surface area contributed by atoms with Gasteiger partial charge in [-0.3, -0.25) is 0 Å². The van der Waals surface area contributed by atoms with Crippen molar-refractivity contribution in [1.82, 2.24) is 0 Å². The summed E-state index contributed by atoms with van der Waals surface area (Å²) in [6, 6.07) is 0. The van der Waals surface area contributed by atoms with E-state index in [0.29, 0.717) is 5.41 Å². The first-order valence-electron chi connectivity index (χ1n) is 5.04. The van der Waals surface area contributed by atoms with Gasteiger partial charge in [-0.25, -0.2) is 0 Å². The van der Waals surface area contributed by atoms with Crippen LogP contribution in [0.1, 0.15) is 26.2 Å². The average molecular weight is 267 g/mol. The highest BCUT2D eigenvalue weighted by molar-refractivity contribution is 9.09. The van der Waals surface area contributed by atoms with Crippen LogP contribution in [-0.2, 0) is 4.74 Å². The number of thioether (sulfide) groups is 1. The van der Waals surface area contributed by atoms with E-state index < -0.39 is 0 Å².